The van der Waals surface area contributed by atoms with Gasteiger partial charge in [-0.3, -0.25) is 0 Å². The molecular weight excluding hydrogens is 288 g/mol. The van der Waals surface area contributed by atoms with Gasteiger partial charge in [0.2, 0.25) is 10.0 Å². The van der Waals surface area contributed by atoms with Gasteiger partial charge in [-0.05, 0) is 49.8 Å². The topological polar surface area (TPSA) is 72.6 Å². The van der Waals surface area contributed by atoms with Gasteiger partial charge >= 0.3 is 0 Å². The van der Waals surface area contributed by atoms with Crippen molar-refractivity contribution >= 4 is 15.7 Å². The molecule has 2 atom stereocenters. The van der Waals surface area contributed by atoms with Crippen LogP contribution in [0.1, 0.15) is 32.3 Å². The van der Waals surface area contributed by atoms with Crippen LogP contribution in [0.4, 0.5) is 5.69 Å². The number of ether oxygens (including phenoxy) is 1. The molecule has 3 rings (SSSR count). The Labute approximate surface area is 126 Å². The van der Waals surface area contributed by atoms with E-state index in [-0.39, 0.29) is 10.9 Å². The van der Waals surface area contributed by atoms with E-state index in [4.69, 9.17) is 10.5 Å². The monoisotopic (exact) mass is 310 g/mol. The number of nitrogens with two attached hydrogens (primary N) is 1. The van der Waals surface area contributed by atoms with Crippen LogP contribution in [-0.2, 0) is 16.4 Å². The van der Waals surface area contributed by atoms with E-state index in [2.05, 4.69) is 6.92 Å². The summed E-state index contributed by atoms with van der Waals surface area (Å²) >= 11 is 0. The first-order valence-corrected chi connectivity index (χ1v) is 8.90. The summed E-state index contributed by atoms with van der Waals surface area (Å²) in [5, 5.41) is 0. The van der Waals surface area contributed by atoms with Crippen molar-refractivity contribution in [1.29, 1.82) is 0 Å². The minimum Gasteiger partial charge on any atom is -0.492 e. The molecule has 0 radical (unpaired) electrons. The molecule has 2 unspecified atom stereocenters. The SMILES string of the molecule is CC1CC(C)N(S(=O)(=O)c2cc(N)cc3c2OCCC3)C1. The van der Waals surface area contributed by atoms with Gasteiger partial charge in [0.15, 0.2) is 0 Å². The number of anilines is 1. The molecule has 2 aliphatic heterocycles. The van der Waals surface area contributed by atoms with Crippen LogP contribution >= 0.6 is 0 Å². The Morgan fingerprint density at radius 2 is 2.10 bits per heavy atom. The smallest absolute Gasteiger partial charge is 0.247 e. The molecule has 0 amide bonds. The molecule has 116 valence electrons. The van der Waals surface area contributed by atoms with Crippen LogP contribution in [0.2, 0.25) is 0 Å². The highest BCUT2D eigenvalue weighted by Crippen LogP contribution is 2.38. The van der Waals surface area contributed by atoms with Gasteiger partial charge in [-0.15, -0.1) is 0 Å². The molecule has 0 aliphatic carbocycles. The van der Waals surface area contributed by atoms with Crippen molar-refractivity contribution in [3.05, 3.63) is 17.7 Å². The van der Waals surface area contributed by atoms with Gasteiger partial charge in [0.25, 0.3) is 0 Å². The van der Waals surface area contributed by atoms with E-state index in [9.17, 15) is 8.42 Å². The van der Waals surface area contributed by atoms with Gasteiger partial charge in [0.05, 0.1) is 6.61 Å². The second-order valence-electron chi connectivity index (χ2n) is 6.22. The zero-order valence-electron chi connectivity index (χ0n) is 12.5. The van der Waals surface area contributed by atoms with Crippen molar-refractivity contribution in [3.8, 4) is 5.75 Å². The van der Waals surface area contributed by atoms with Gasteiger partial charge in [-0.25, -0.2) is 8.42 Å². The number of sulfonamides is 1. The Balaban J connectivity index is 2.09. The number of hydrogen-bond donors (Lipinski definition) is 1. The number of nitrogens with zero attached hydrogens (tertiary/aromatic N) is 1. The first kappa shape index (κ1) is 14.7. The quantitative estimate of drug-likeness (QED) is 0.848. The summed E-state index contributed by atoms with van der Waals surface area (Å²) in [7, 11) is -3.56. The lowest BCUT2D eigenvalue weighted by atomic mass is 10.1. The Hall–Kier alpha value is -1.27. The summed E-state index contributed by atoms with van der Waals surface area (Å²) in [6, 6.07) is 3.38. The van der Waals surface area contributed by atoms with Gasteiger partial charge < -0.3 is 10.5 Å². The predicted octanol–water partition coefficient (Wildman–Crippen LogP) is 2.01. The first-order chi connectivity index (χ1) is 9.89. The number of rotatable bonds is 2. The zero-order valence-corrected chi connectivity index (χ0v) is 13.3. The highest BCUT2D eigenvalue weighted by Gasteiger charge is 2.38. The van der Waals surface area contributed by atoms with Gasteiger partial charge in [0, 0.05) is 18.3 Å². The standard InChI is InChI=1S/C15H22N2O3S/c1-10-6-11(2)17(9-10)21(18,19)14-8-13(16)7-12-4-3-5-20-15(12)14/h7-8,10-11H,3-6,9,16H2,1-2H3. The normalized spacial score (nSPS) is 26.4. The molecule has 2 aliphatic rings. The Morgan fingerprint density at radius 1 is 1.33 bits per heavy atom. The predicted molar refractivity (Wildman–Crippen MR) is 81.8 cm³/mol. The number of aryl methyl sites for hydroxylation is 1. The summed E-state index contributed by atoms with van der Waals surface area (Å²) in [5.74, 6) is 0.884. The molecule has 0 spiro atoms. The second-order valence-corrected chi connectivity index (χ2v) is 8.08. The third-order valence-electron chi connectivity index (χ3n) is 4.30. The molecule has 2 N–H and O–H groups in total. The number of benzene rings is 1. The number of nitrogen functional groups attached to an aromatic ring is 1. The molecule has 0 bridgehead atoms. The fourth-order valence-corrected chi connectivity index (χ4v) is 5.36. The fraction of sp³-hybridized carbons (Fsp3) is 0.600. The van der Waals surface area contributed by atoms with Crippen LogP contribution in [0.3, 0.4) is 0 Å². The lowest BCUT2D eigenvalue weighted by Gasteiger charge is -2.26. The molecule has 1 saturated heterocycles. The maximum absolute atomic E-state index is 13.0. The zero-order chi connectivity index (χ0) is 15.2. The Kier molecular flexibility index (Phi) is 3.61. The Bertz CT molecular complexity index is 657. The summed E-state index contributed by atoms with van der Waals surface area (Å²) < 4.78 is 33.3. The summed E-state index contributed by atoms with van der Waals surface area (Å²) in [6.45, 7) is 5.16. The summed E-state index contributed by atoms with van der Waals surface area (Å²) in [4.78, 5) is 0.234. The van der Waals surface area contributed by atoms with E-state index in [1.54, 1.807) is 4.31 Å². The van der Waals surface area contributed by atoms with Crippen LogP contribution in [0.15, 0.2) is 17.0 Å². The Morgan fingerprint density at radius 3 is 2.76 bits per heavy atom. The minimum absolute atomic E-state index is 0.0191. The van der Waals surface area contributed by atoms with Crippen molar-refractivity contribution < 1.29 is 13.2 Å². The van der Waals surface area contributed by atoms with Crippen LogP contribution in [0, 0.1) is 5.92 Å². The van der Waals surface area contributed by atoms with Crippen molar-refractivity contribution in [2.45, 2.75) is 44.0 Å². The van der Waals surface area contributed by atoms with E-state index in [0.717, 1.165) is 24.8 Å². The molecule has 2 heterocycles. The average molecular weight is 310 g/mol. The lowest BCUT2D eigenvalue weighted by molar-refractivity contribution is 0.279. The molecule has 1 aromatic carbocycles. The molecule has 1 fully saturated rings. The molecule has 5 nitrogen and oxygen atoms in total. The fourth-order valence-electron chi connectivity index (χ4n) is 3.38. The van der Waals surface area contributed by atoms with Crippen LogP contribution < -0.4 is 10.5 Å². The van der Waals surface area contributed by atoms with E-state index < -0.39 is 10.0 Å². The van der Waals surface area contributed by atoms with Crippen molar-refractivity contribution in [2.75, 3.05) is 18.9 Å². The molecule has 0 aromatic heterocycles. The number of hydrogen-bond acceptors (Lipinski definition) is 4. The highest BCUT2D eigenvalue weighted by atomic mass is 32.2. The van der Waals surface area contributed by atoms with E-state index in [0.29, 0.717) is 30.5 Å². The number of fused-ring (bicyclic) bond motifs is 1. The first-order valence-electron chi connectivity index (χ1n) is 7.46. The second kappa shape index (κ2) is 5.18. The van der Waals surface area contributed by atoms with E-state index >= 15 is 0 Å². The largest absolute Gasteiger partial charge is 0.492 e. The molecular formula is C15H22N2O3S. The summed E-state index contributed by atoms with van der Waals surface area (Å²) in [6.07, 6.45) is 2.60. The molecule has 1 aromatic rings. The maximum Gasteiger partial charge on any atom is 0.247 e. The molecule has 6 heteroatoms. The van der Waals surface area contributed by atoms with E-state index in [1.807, 2.05) is 13.0 Å². The molecule has 0 saturated carbocycles. The van der Waals surface area contributed by atoms with Crippen LogP contribution in [-0.4, -0.2) is 31.9 Å². The van der Waals surface area contributed by atoms with Crippen molar-refractivity contribution in [3.63, 3.8) is 0 Å². The van der Waals surface area contributed by atoms with Gasteiger partial charge in [-0.2, -0.15) is 4.31 Å². The highest BCUT2D eigenvalue weighted by molar-refractivity contribution is 7.89. The van der Waals surface area contributed by atoms with Gasteiger partial charge in [0.1, 0.15) is 10.6 Å². The lowest BCUT2D eigenvalue weighted by Crippen LogP contribution is -2.34. The van der Waals surface area contributed by atoms with Crippen molar-refractivity contribution in [1.82, 2.24) is 4.31 Å². The summed E-state index contributed by atoms with van der Waals surface area (Å²) in [5.41, 5.74) is 7.29. The maximum atomic E-state index is 13.0. The third kappa shape index (κ3) is 2.51. The minimum atomic E-state index is -3.56. The van der Waals surface area contributed by atoms with Crippen LogP contribution in [0.25, 0.3) is 0 Å². The van der Waals surface area contributed by atoms with Crippen molar-refractivity contribution in [2.24, 2.45) is 5.92 Å². The molecule has 21 heavy (non-hydrogen) atoms. The van der Waals surface area contributed by atoms with Gasteiger partial charge in [-0.1, -0.05) is 6.92 Å². The average Bonchev–Trinajstić information content (AvgIpc) is 2.77. The van der Waals surface area contributed by atoms with E-state index in [1.165, 1.54) is 6.07 Å². The third-order valence-corrected chi connectivity index (χ3v) is 6.29. The van der Waals surface area contributed by atoms with Crippen LogP contribution in [0.5, 0.6) is 5.75 Å².